The van der Waals surface area contributed by atoms with Crippen LogP contribution in [0.1, 0.15) is 399 Å². The van der Waals surface area contributed by atoms with E-state index in [9.17, 15) is 0 Å². The molecular weight excluding hydrogens is 1320 g/mol. The molecule has 0 radical (unpaired) electrons. The van der Waals surface area contributed by atoms with E-state index in [-0.39, 0.29) is 0 Å². The van der Waals surface area contributed by atoms with Crippen LogP contribution in [-0.4, -0.2) is 46.9 Å². The summed E-state index contributed by atoms with van der Waals surface area (Å²) in [5.41, 5.74) is 12.2. The van der Waals surface area contributed by atoms with Gasteiger partial charge in [0.15, 0.2) is 0 Å². The van der Waals surface area contributed by atoms with Crippen molar-refractivity contribution in [1.29, 1.82) is 0 Å². The van der Waals surface area contributed by atoms with Gasteiger partial charge in [0, 0.05) is 0 Å². The number of rotatable bonds is 60. The Labute approximate surface area is 594 Å². The third kappa shape index (κ3) is 23.9. The van der Waals surface area contributed by atoms with Crippen molar-refractivity contribution in [1.82, 2.24) is 17.9 Å². The van der Waals surface area contributed by atoms with E-state index < -0.39 is 0 Å². The van der Waals surface area contributed by atoms with E-state index in [1.54, 1.807) is 60.5 Å². The molecule has 7 heterocycles. The number of aromatic nitrogens is 4. The molecule has 0 saturated carbocycles. The van der Waals surface area contributed by atoms with Crippen molar-refractivity contribution in [3.05, 3.63) is 21.0 Å². The number of aryl methyl sites for hydroxylation is 2. The van der Waals surface area contributed by atoms with Crippen LogP contribution < -0.4 is 0 Å². The quantitative estimate of drug-likeness (QED) is 0.0281. The molecule has 9 heteroatoms. The molecule has 0 aliphatic heterocycles. The van der Waals surface area contributed by atoms with E-state index in [4.69, 9.17) is 8.75 Å². The Hall–Kier alpha value is -1.44. The van der Waals surface area contributed by atoms with Gasteiger partial charge in [-0.25, -0.2) is 0 Å². The van der Waals surface area contributed by atoms with Gasteiger partial charge in [0.25, 0.3) is 0 Å². The van der Waals surface area contributed by atoms with E-state index in [1.165, 1.54) is 393 Å². The van der Waals surface area contributed by atoms with Crippen molar-refractivity contribution < 1.29 is 0 Å². The number of hydrogen-bond donors (Lipinski definition) is 0. The van der Waals surface area contributed by atoms with Gasteiger partial charge >= 0.3 is 495 Å². The molecule has 2 unspecified atom stereocenters. The summed E-state index contributed by atoms with van der Waals surface area (Å²) in [6.45, 7) is 16.5. The van der Waals surface area contributed by atoms with Gasteiger partial charge in [-0.2, -0.15) is 0 Å². The number of fused-ring (bicyclic) bond motifs is 14. The first kappa shape index (κ1) is 77.3. The Bertz CT molecular complexity index is 3000. The first-order valence-electron chi connectivity index (χ1n) is 41.0. The topological polar surface area (TPSA) is 35.6 Å². The SMILES string of the molecule is CCCCCCCCCCCCC(CCCCCCCCCC)Cn1c2c(sc3c(CCCCCCCCC)c[se]c32)c2c3nsnc3c3c4sc5c(CCCCCCCCC)c[se]c5c4n(CC(CCCCCCCCCC)CCCCCCCCCCCC)c3c21. The Balaban J connectivity index is 1.23. The molecule has 2 atom stereocenters. The molecule has 1 aromatic carbocycles. The summed E-state index contributed by atoms with van der Waals surface area (Å²) in [5, 5.41) is 2.97. The Morgan fingerprint density at radius 3 is 0.817 bits per heavy atom. The minimum absolute atomic E-state index is 0.345. The Morgan fingerprint density at radius 2 is 0.548 bits per heavy atom. The van der Waals surface area contributed by atoms with Crippen LogP contribution >= 0.6 is 34.4 Å². The van der Waals surface area contributed by atoms with Crippen LogP contribution in [0, 0.1) is 11.8 Å². The summed E-state index contributed by atoms with van der Waals surface area (Å²) in [6.07, 6.45) is 78.0. The van der Waals surface area contributed by atoms with Crippen LogP contribution in [-0.2, 0) is 25.9 Å². The molecule has 0 N–H and O–H groups in total. The molecule has 0 aliphatic rings. The number of hydrogen-bond acceptors (Lipinski definition) is 5. The van der Waals surface area contributed by atoms with E-state index in [1.807, 2.05) is 0 Å². The van der Waals surface area contributed by atoms with Crippen molar-refractivity contribution in [2.45, 2.75) is 414 Å². The van der Waals surface area contributed by atoms with E-state index in [0.29, 0.717) is 40.8 Å². The predicted molar refractivity (Wildman–Crippen MR) is 426 cm³/mol. The number of thiophene rings is 2. The molecule has 8 rings (SSSR count). The van der Waals surface area contributed by atoms with Crippen LogP contribution in [0.2, 0.25) is 0 Å². The number of nitrogens with zero attached hydrogens (tertiary/aromatic N) is 4. The summed E-state index contributed by atoms with van der Waals surface area (Å²) in [6, 6.07) is 0. The Morgan fingerprint density at radius 1 is 0.301 bits per heavy atom. The second kappa shape index (κ2) is 46.1. The fourth-order valence-electron chi connectivity index (χ4n) is 16.2. The van der Waals surface area contributed by atoms with Gasteiger partial charge in [-0.1, -0.05) is 105 Å². The third-order valence-corrected chi connectivity index (χ3v) is 29.9. The van der Waals surface area contributed by atoms with Gasteiger partial charge in [0.2, 0.25) is 0 Å². The standard InChI is InChI=1S/C84H138N4S3Se2/c1-7-13-19-25-31-35-37-43-47-53-59-67(57-51-45-41-33-27-21-15-9-3)63-87-75-71(81-77(87)83-79(89-81)69(65-92-83)61-55-49-39-29-23-17-11-5)73-74(86-91-85-73)72-76(75)88(78-82(72)90-80-70(66-93-84(78)80)62-56-50-40-30-24-18-12-6)64-68(58-52-46-42-34-28-22-16-10-4)60-54-48-44-38-36-32-26-20-14-8-2/h65-68H,7-64H2,1-6H3. The molecule has 0 fully saturated rings. The van der Waals surface area contributed by atoms with Crippen LogP contribution in [0.4, 0.5) is 0 Å². The minimum atomic E-state index is 0.345. The first-order chi connectivity index (χ1) is 46.1. The summed E-state index contributed by atoms with van der Waals surface area (Å²) < 4.78 is 27.2. The molecule has 7 aromatic heterocycles. The molecule has 93 heavy (non-hydrogen) atoms. The maximum atomic E-state index is 5.54. The van der Waals surface area contributed by atoms with Crippen molar-refractivity contribution in [2.75, 3.05) is 0 Å². The van der Waals surface area contributed by atoms with Crippen LogP contribution in [0.25, 0.3) is 71.2 Å². The molecule has 8 aromatic rings. The normalized spacial score (nSPS) is 13.1. The summed E-state index contributed by atoms with van der Waals surface area (Å²) in [7, 11) is 0. The zero-order chi connectivity index (χ0) is 64.9. The van der Waals surface area contributed by atoms with Gasteiger partial charge in [-0.15, -0.1) is 0 Å². The second-order valence-corrected chi connectivity index (χ2v) is 36.2. The van der Waals surface area contributed by atoms with Crippen molar-refractivity contribution >= 4 is 135 Å². The Kier molecular flexibility index (Phi) is 38.3. The second-order valence-electron chi connectivity index (χ2n) is 30.0. The van der Waals surface area contributed by atoms with E-state index >= 15 is 0 Å². The summed E-state index contributed by atoms with van der Waals surface area (Å²) in [4.78, 5) is 5.52. The van der Waals surface area contributed by atoms with Gasteiger partial charge in [0.1, 0.15) is 0 Å². The molecular formula is C84H138N4S3Se2. The number of unbranched alkanes of at least 4 members (excludes halogenated alkanes) is 44. The van der Waals surface area contributed by atoms with E-state index in [0.717, 1.165) is 13.1 Å². The molecule has 524 valence electrons. The molecule has 0 amide bonds. The average molecular weight is 1460 g/mol. The summed E-state index contributed by atoms with van der Waals surface area (Å²) >= 11 is 6.61. The van der Waals surface area contributed by atoms with Crippen LogP contribution in [0.15, 0.2) is 9.88 Å². The monoisotopic (exact) mass is 1460 g/mol. The molecule has 0 bridgehead atoms. The fraction of sp³-hybridized carbons (Fsp3) is 0.786. The predicted octanol–water partition coefficient (Wildman–Crippen LogP) is 30.0. The fourth-order valence-corrected chi connectivity index (χ4v) is 25.4. The van der Waals surface area contributed by atoms with Gasteiger partial charge in [-0.3, -0.25) is 0 Å². The van der Waals surface area contributed by atoms with Crippen molar-refractivity contribution in [3.8, 4) is 0 Å². The van der Waals surface area contributed by atoms with Gasteiger partial charge in [0.05, 0.1) is 0 Å². The number of benzene rings is 1. The molecule has 0 aliphatic carbocycles. The average Bonchev–Trinajstić information content (AvgIpc) is 1.51. The van der Waals surface area contributed by atoms with Gasteiger partial charge < -0.3 is 0 Å². The molecule has 4 nitrogen and oxygen atoms in total. The van der Waals surface area contributed by atoms with E-state index in [2.05, 4.69) is 83.2 Å². The maximum absolute atomic E-state index is 5.54. The van der Waals surface area contributed by atoms with Gasteiger partial charge in [-0.05, 0) is 0 Å². The molecule has 0 spiro atoms. The summed E-state index contributed by atoms with van der Waals surface area (Å²) in [5.74, 6) is 1.37. The first-order valence-corrected chi connectivity index (χ1v) is 47.1. The van der Waals surface area contributed by atoms with Crippen molar-refractivity contribution in [2.24, 2.45) is 11.8 Å². The van der Waals surface area contributed by atoms with Crippen molar-refractivity contribution in [3.63, 3.8) is 0 Å². The zero-order valence-corrected chi connectivity index (χ0v) is 67.0. The third-order valence-electron chi connectivity index (χ3n) is 21.9. The zero-order valence-electron chi connectivity index (χ0n) is 61.2. The van der Waals surface area contributed by atoms with Crippen LogP contribution in [0.5, 0.6) is 0 Å². The molecule has 0 saturated heterocycles. The van der Waals surface area contributed by atoms with Crippen LogP contribution in [0.3, 0.4) is 0 Å².